The van der Waals surface area contributed by atoms with Gasteiger partial charge in [0.15, 0.2) is 0 Å². The number of carbonyl (C=O) groups excluding carboxylic acids is 1. The van der Waals surface area contributed by atoms with Crippen molar-refractivity contribution in [3.05, 3.63) is 52.4 Å². The lowest BCUT2D eigenvalue weighted by molar-refractivity contribution is 0.0773. The number of nitrogens with zero attached hydrogens (tertiary/aromatic N) is 4. The number of benzene rings is 1. The zero-order valence-corrected chi connectivity index (χ0v) is 14.5. The number of aromatic nitrogens is 3. The summed E-state index contributed by atoms with van der Waals surface area (Å²) < 4.78 is 5.37. The Kier molecular flexibility index (Phi) is 4.05. The van der Waals surface area contributed by atoms with Gasteiger partial charge in [0.05, 0.1) is 17.6 Å². The van der Waals surface area contributed by atoms with Crippen LogP contribution in [-0.2, 0) is 6.54 Å². The van der Waals surface area contributed by atoms with Gasteiger partial charge in [0.2, 0.25) is 11.8 Å². The fourth-order valence-corrected chi connectivity index (χ4v) is 2.74. The average Bonchev–Trinajstić information content (AvgIpc) is 2.93. The maximum absolute atomic E-state index is 13.1. The van der Waals surface area contributed by atoms with Crippen LogP contribution in [0.1, 0.15) is 39.0 Å². The Labute approximate surface area is 140 Å². The highest BCUT2D eigenvalue weighted by atomic mass is 16.4. The second-order valence-corrected chi connectivity index (χ2v) is 6.09. The Morgan fingerprint density at radius 2 is 1.92 bits per heavy atom. The summed E-state index contributed by atoms with van der Waals surface area (Å²) in [5, 5.41) is 8.63. The highest BCUT2D eigenvalue weighted by Gasteiger charge is 2.21. The summed E-state index contributed by atoms with van der Waals surface area (Å²) in [6.45, 7) is 7.86. The van der Waals surface area contributed by atoms with Crippen molar-refractivity contribution in [2.75, 3.05) is 7.05 Å². The van der Waals surface area contributed by atoms with E-state index in [1.54, 1.807) is 18.9 Å². The Hall–Kier alpha value is -2.76. The molecule has 1 amide bonds. The molecule has 0 N–H and O–H groups in total. The van der Waals surface area contributed by atoms with Crippen molar-refractivity contribution in [3.8, 4) is 0 Å². The number of aryl methyl sites for hydroxylation is 3. The highest BCUT2D eigenvalue weighted by Crippen LogP contribution is 2.25. The van der Waals surface area contributed by atoms with Gasteiger partial charge >= 0.3 is 0 Å². The molecular weight excluding hydrogens is 304 g/mol. The maximum Gasteiger partial charge on any atom is 0.255 e. The Bertz CT molecular complexity index is 930. The Balaban J connectivity index is 2.05. The maximum atomic E-state index is 13.1. The van der Waals surface area contributed by atoms with Crippen molar-refractivity contribution in [1.29, 1.82) is 0 Å². The van der Waals surface area contributed by atoms with Crippen LogP contribution in [-0.4, -0.2) is 33.0 Å². The summed E-state index contributed by atoms with van der Waals surface area (Å²) >= 11 is 0. The second kappa shape index (κ2) is 6.03. The molecule has 0 radical (unpaired) electrons. The van der Waals surface area contributed by atoms with E-state index in [2.05, 4.69) is 15.2 Å². The van der Waals surface area contributed by atoms with Gasteiger partial charge in [0.25, 0.3) is 5.91 Å². The molecule has 0 saturated carbocycles. The monoisotopic (exact) mass is 324 g/mol. The van der Waals surface area contributed by atoms with Gasteiger partial charge in [-0.05, 0) is 38.5 Å². The summed E-state index contributed by atoms with van der Waals surface area (Å²) in [6, 6.07) is 5.96. The Morgan fingerprint density at radius 3 is 2.58 bits per heavy atom. The van der Waals surface area contributed by atoms with Gasteiger partial charge < -0.3 is 9.32 Å². The molecule has 2 aromatic heterocycles. The van der Waals surface area contributed by atoms with Gasteiger partial charge in [0.1, 0.15) is 0 Å². The van der Waals surface area contributed by atoms with Crippen molar-refractivity contribution in [2.45, 2.75) is 34.2 Å². The van der Waals surface area contributed by atoms with Crippen LogP contribution >= 0.6 is 0 Å². The van der Waals surface area contributed by atoms with E-state index in [0.717, 1.165) is 27.7 Å². The summed E-state index contributed by atoms with van der Waals surface area (Å²) in [5.41, 5.74) is 4.36. The second-order valence-electron chi connectivity index (χ2n) is 6.09. The van der Waals surface area contributed by atoms with Gasteiger partial charge in [-0.25, -0.2) is 0 Å². The lowest BCUT2D eigenvalue weighted by Gasteiger charge is -2.19. The first kappa shape index (κ1) is 16.1. The number of hydrogen-bond acceptors (Lipinski definition) is 5. The van der Waals surface area contributed by atoms with Gasteiger partial charge in [-0.15, -0.1) is 10.2 Å². The van der Waals surface area contributed by atoms with E-state index in [1.165, 1.54) is 0 Å². The minimum Gasteiger partial charge on any atom is -0.424 e. The van der Waals surface area contributed by atoms with Crippen LogP contribution in [0.5, 0.6) is 0 Å². The third-order valence-electron chi connectivity index (χ3n) is 4.13. The standard InChI is InChI=1S/C18H20N4O2/c1-10-6-7-15-14(8-10)17(11(2)12(3)19-15)18(23)22(5)9-16-21-20-13(4)24-16/h6-8H,9H2,1-5H3. The normalized spacial score (nSPS) is 11.0. The smallest absolute Gasteiger partial charge is 0.255 e. The minimum absolute atomic E-state index is 0.0792. The fourth-order valence-electron chi connectivity index (χ4n) is 2.74. The number of amides is 1. The molecule has 0 fully saturated rings. The SMILES string of the molecule is Cc1ccc2nc(C)c(C)c(C(=O)N(C)Cc3nnc(C)o3)c2c1. The lowest BCUT2D eigenvalue weighted by Crippen LogP contribution is -2.27. The van der Waals surface area contributed by atoms with Crippen molar-refractivity contribution >= 4 is 16.8 Å². The number of pyridine rings is 1. The van der Waals surface area contributed by atoms with E-state index in [4.69, 9.17) is 4.42 Å². The molecule has 3 rings (SSSR count). The van der Waals surface area contributed by atoms with Gasteiger partial charge in [-0.1, -0.05) is 11.6 Å². The first-order valence-corrected chi connectivity index (χ1v) is 7.79. The molecule has 0 atom stereocenters. The van der Waals surface area contributed by atoms with Crippen molar-refractivity contribution < 1.29 is 9.21 Å². The van der Waals surface area contributed by atoms with Crippen LogP contribution < -0.4 is 0 Å². The predicted octanol–water partition coefficient (Wildman–Crippen LogP) is 3.12. The van der Waals surface area contributed by atoms with Gasteiger partial charge in [0, 0.05) is 25.1 Å². The topological polar surface area (TPSA) is 72.1 Å². The van der Waals surface area contributed by atoms with E-state index in [-0.39, 0.29) is 12.5 Å². The number of rotatable bonds is 3. The predicted molar refractivity (Wildman–Crippen MR) is 90.8 cm³/mol. The number of fused-ring (bicyclic) bond motifs is 1. The molecule has 3 aromatic rings. The molecular formula is C18H20N4O2. The van der Waals surface area contributed by atoms with Crippen molar-refractivity contribution in [2.24, 2.45) is 0 Å². The molecule has 124 valence electrons. The summed E-state index contributed by atoms with van der Waals surface area (Å²) in [7, 11) is 1.73. The van der Waals surface area contributed by atoms with Crippen LogP contribution in [0.2, 0.25) is 0 Å². The van der Waals surface area contributed by atoms with Crippen LogP contribution in [0.15, 0.2) is 22.6 Å². The van der Waals surface area contributed by atoms with Crippen LogP contribution in [0, 0.1) is 27.7 Å². The molecule has 0 saturated heterocycles. The third-order valence-corrected chi connectivity index (χ3v) is 4.13. The molecule has 1 aromatic carbocycles. The first-order chi connectivity index (χ1) is 11.4. The van der Waals surface area contributed by atoms with Gasteiger partial charge in [-0.3, -0.25) is 9.78 Å². The molecule has 0 bridgehead atoms. The molecule has 24 heavy (non-hydrogen) atoms. The number of hydrogen-bond donors (Lipinski definition) is 0. The minimum atomic E-state index is -0.0792. The molecule has 2 heterocycles. The van der Waals surface area contributed by atoms with E-state index in [1.807, 2.05) is 39.0 Å². The Morgan fingerprint density at radius 1 is 1.17 bits per heavy atom. The molecule has 0 spiro atoms. The van der Waals surface area contributed by atoms with Gasteiger partial charge in [-0.2, -0.15) is 0 Å². The molecule has 0 aliphatic heterocycles. The number of carbonyl (C=O) groups is 1. The fraction of sp³-hybridized carbons (Fsp3) is 0.333. The van der Waals surface area contributed by atoms with Crippen molar-refractivity contribution in [1.82, 2.24) is 20.1 Å². The van der Waals surface area contributed by atoms with E-state index in [0.29, 0.717) is 17.3 Å². The quantitative estimate of drug-likeness (QED) is 0.740. The van der Waals surface area contributed by atoms with E-state index in [9.17, 15) is 4.79 Å². The summed E-state index contributed by atoms with van der Waals surface area (Å²) in [5.74, 6) is 0.833. The van der Waals surface area contributed by atoms with Crippen molar-refractivity contribution in [3.63, 3.8) is 0 Å². The molecule has 6 nitrogen and oxygen atoms in total. The van der Waals surface area contributed by atoms with Crippen LogP contribution in [0.25, 0.3) is 10.9 Å². The zero-order valence-electron chi connectivity index (χ0n) is 14.5. The summed E-state index contributed by atoms with van der Waals surface area (Å²) in [6.07, 6.45) is 0. The molecule has 0 unspecified atom stereocenters. The van der Waals surface area contributed by atoms with Crippen LogP contribution in [0.3, 0.4) is 0 Å². The zero-order chi connectivity index (χ0) is 17.4. The summed E-state index contributed by atoms with van der Waals surface area (Å²) in [4.78, 5) is 19.3. The molecule has 6 heteroatoms. The lowest BCUT2D eigenvalue weighted by atomic mass is 9.99. The van der Waals surface area contributed by atoms with Crippen LogP contribution in [0.4, 0.5) is 0 Å². The third kappa shape index (κ3) is 2.87. The molecule has 0 aliphatic carbocycles. The first-order valence-electron chi connectivity index (χ1n) is 7.79. The largest absolute Gasteiger partial charge is 0.424 e. The van der Waals surface area contributed by atoms with E-state index >= 15 is 0 Å². The molecule has 0 aliphatic rings. The average molecular weight is 324 g/mol. The highest BCUT2D eigenvalue weighted by molar-refractivity contribution is 6.07. The van der Waals surface area contributed by atoms with E-state index < -0.39 is 0 Å².